The molecule has 0 heterocycles. The summed E-state index contributed by atoms with van der Waals surface area (Å²) in [5.74, 6) is 0.182. The first-order valence-corrected chi connectivity index (χ1v) is 4.65. The molecular weight excluding hydrogens is 266 g/mol. The van der Waals surface area contributed by atoms with Crippen molar-refractivity contribution in [1.82, 2.24) is 0 Å². The Hall–Kier alpha value is 0.541. The van der Waals surface area contributed by atoms with Crippen molar-refractivity contribution >= 4 is 24.0 Å². The molecule has 1 rings (SSSR count). The van der Waals surface area contributed by atoms with Crippen LogP contribution in [0.5, 0.6) is 5.75 Å². The van der Waals surface area contributed by atoms with Crippen LogP contribution in [0.2, 0.25) is 0 Å². The summed E-state index contributed by atoms with van der Waals surface area (Å²) >= 11 is 5.23. The third-order valence-corrected chi connectivity index (χ3v) is 1.85. The van der Waals surface area contributed by atoms with Crippen molar-refractivity contribution in [2.45, 2.75) is 0 Å². The minimum atomic E-state index is -4.97. The zero-order chi connectivity index (χ0) is 11.3. The standard InChI is InChI=1S/C9H8BClF3O.K/c11-5-2-6-15-9-4-1-3-8(7-9)10(12,13)14;/h1-5,7H,6H2;/q-1;+1/b5-2+;. The summed E-state index contributed by atoms with van der Waals surface area (Å²) in [4.78, 5) is 0. The van der Waals surface area contributed by atoms with Crippen LogP contribution >= 0.6 is 11.6 Å². The van der Waals surface area contributed by atoms with E-state index in [4.69, 9.17) is 16.3 Å². The Morgan fingerprint density at radius 2 is 2.00 bits per heavy atom. The Morgan fingerprint density at radius 3 is 2.56 bits per heavy atom. The van der Waals surface area contributed by atoms with Crippen molar-refractivity contribution in [3.05, 3.63) is 35.9 Å². The first-order chi connectivity index (χ1) is 7.04. The molecule has 0 aliphatic carbocycles. The predicted octanol–water partition coefficient (Wildman–Crippen LogP) is -0.124. The number of ether oxygens (including phenoxy) is 1. The van der Waals surface area contributed by atoms with E-state index in [1.165, 1.54) is 23.7 Å². The van der Waals surface area contributed by atoms with Gasteiger partial charge in [-0.15, -0.1) is 5.46 Å². The van der Waals surface area contributed by atoms with Gasteiger partial charge < -0.3 is 17.7 Å². The van der Waals surface area contributed by atoms with E-state index in [1.54, 1.807) is 0 Å². The van der Waals surface area contributed by atoms with Crippen molar-refractivity contribution < 1.29 is 69.1 Å². The third-order valence-electron chi connectivity index (χ3n) is 1.67. The summed E-state index contributed by atoms with van der Waals surface area (Å²) in [5.41, 5.74) is 0.583. The Balaban J connectivity index is 0.00000225. The second kappa shape index (κ2) is 7.79. The van der Waals surface area contributed by atoms with Crippen LogP contribution in [-0.4, -0.2) is 13.6 Å². The molecule has 0 atom stereocenters. The SMILES string of the molecule is F[B-](F)(F)c1cccc(OC/C=C/Cl)c1.[K+]. The molecule has 0 aliphatic heterocycles. The van der Waals surface area contributed by atoms with E-state index in [-0.39, 0.29) is 63.7 Å². The van der Waals surface area contributed by atoms with Crippen molar-refractivity contribution in [1.29, 1.82) is 0 Å². The maximum Gasteiger partial charge on any atom is 1.00 e. The van der Waals surface area contributed by atoms with E-state index in [2.05, 4.69) is 0 Å². The van der Waals surface area contributed by atoms with Crippen LogP contribution in [0.3, 0.4) is 0 Å². The molecule has 0 amide bonds. The first-order valence-electron chi connectivity index (χ1n) is 4.22. The number of hydrogen-bond donors (Lipinski definition) is 0. The molecule has 0 bridgehead atoms. The monoisotopic (exact) mass is 274 g/mol. The number of halogens is 4. The fourth-order valence-electron chi connectivity index (χ4n) is 0.989. The molecule has 16 heavy (non-hydrogen) atoms. The van der Waals surface area contributed by atoms with E-state index >= 15 is 0 Å². The minimum absolute atomic E-state index is 0. The van der Waals surface area contributed by atoms with Crippen LogP contribution < -0.4 is 61.6 Å². The Labute approximate surface area is 139 Å². The molecule has 0 unspecified atom stereocenters. The van der Waals surface area contributed by atoms with Crippen LogP contribution in [0.25, 0.3) is 0 Å². The van der Waals surface area contributed by atoms with Gasteiger partial charge in [0, 0.05) is 5.54 Å². The minimum Gasteiger partial charge on any atom is -0.490 e. The first kappa shape index (κ1) is 16.5. The molecule has 82 valence electrons. The summed E-state index contributed by atoms with van der Waals surface area (Å²) in [6.45, 7) is -4.82. The molecular formula is C9H8BClF3KO. The maximum absolute atomic E-state index is 12.3. The van der Waals surface area contributed by atoms with Gasteiger partial charge in [-0.1, -0.05) is 23.7 Å². The van der Waals surface area contributed by atoms with Crippen LogP contribution in [0.1, 0.15) is 0 Å². The second-order valence-corrected chi connectivity index (χ2v) is 3.07. The van der Waals surface area contributed by atoms with E-state index in [9.17, 15) is 12.9 Å². The molecule has 0 N–H and O–H groups in total. The summed E-state index contributed by atoms with van der Waals surface area (Å²) in [5, 5.41) is 0. The van der Waals surface area contributed by atoms with Gasteiger partial charge in [-0.2, -0.15) is 0 Å². The van der Waals surface area contributed by atoms with Crippen molar-refractivity contribution in [2.24, 2.45) is 0 Å². The third kappa shape index (κ3) is 5.75. The zero-order valence-electron chi connectivity index (χ0n) is 8.67. The zero-order valence-corrected chi connectivity index (χ0v) is 12.5. The molecule has 1 aromatic rings. The largest absolute Gasteiger partial charge is 1.00 e. The summed E-state index contributed by atoms with van der Waals surface area (Å²) < 4.78 is 42.0. The fourth-order valence-corrected chi connectivity index (χ4v) is 1.06. The molecule has 1 aromatic carbocycles. The van der Waals surface area contributed by atoms with Crippen molar-refractivity contribution in [2.75, 3.05) is 6.61 Å². The van der Waals surface area contributed by atoms with E-state index in [0.717, 1.165) is 12.1 Å². The second-order valence-electron chi connectivity index (χ2n) is 2.82. The fraction of sp³-hybridized carbons (Fsp3) is 0.111. The molecule has 1 nitrogen and oxygen atoms in total. The van der Waals surface area contributed by atoms with Crippen molar-refractivity contribution in [3.63, 3.8) is 0 Å². The van der Waals surface area contributed by atoms with Crippen LogP contribution in [-0.2, 0) is 0 Å². The summed E-state index contributed by atoms with van der Waals surface area (Å²) in [6, 6.07) is 4.77. The van der Waals surface area contributed by atoms with Crippen molar-refractivity contribution in [3.8, 4) is 5.75 Å². The van der Waals surface area contributed by atoms with Gasteiger partial charge in [0.25, 0.3) is 0 Å². The van der Waals surface area contributed by atoms with E-state index in [1.807, 2.05) is 0 Å². The van der Waals surface area contributed by atoms with Gasteiger partial charge in [-0.25, -0.2) is 0 Å². The Morgan fingerprint density at radius 1 is 1.31 bits per heavy atom. The van der Waals surface area contributed by atoms with Crippen LogP contribution in [0, 0.1) is 0 Å². The van der Waals surface area contributed by atoms with Gasteiger partial charge in [0.1, 0.15) is 12.4 Å². The Bertz CT molecular complexity index is 357. The van der Waals surface area contributed by atoms with Crippen LogP contribution in [0.15, 0.2) is 35.9 Å². The molecule has 0 saturated carbocycles. The number of hydrogen-bond acceptors (Lipinski definition) is 1. The molecule has 0 aliphatic rings. The molecule has 0 aromatic heterocycles. The van der Waals surface area contributed by atoms with Gasteiger partial charge in [-0.05, 0) is 18.2 Å². The van der Waals surface area contributed by atoms with E-state index in [0.29, 0.717) is 0 Å². The van der Waals surface area contributed by atoms with Gasteiger partial charge in [0.05, 0.1) is 0 Å². The van der Waals surface area contributed by atoms with Gasteiger partial charge in [0.2, 0.25) is 0 Å². The Kier molecular flexibility index (Phi) is 8.05. The summed E-state index contributed by atoms with van der Waals surface area (Å²) in [7, 11) is 0. The normalized spacial score (nSPS) is 11.2. The van der Waals surface area contributed by atoms with Crippen LogP contribution in [0.4, 0.5) is 12.9 Å². The number of rotatable bonds is 4. The molecule has 0 spiro atoms. The quantitative estimate of drug-likeness (QED) is 0.696. The molecule has 0 radical (unpaired) electrons. The number of benzene rings is 1. The van der Waals surface area contributed by atoms with Gasteiger partial charge in [-0.3, -0.25) is 0 Å². The average Bonchev–Trinajstić information content (AvgIpc) is 2.17. The van der Waals surface area contributed by atoms with Gasteiger partial charge in [0.15, 0.2) is 0 Å². The molecule has 0 saturated heterocycles. The smallest absolute Gasteiger partial charge is 0.490 e. The topological polar surface area (TPSA) is 9.23 Å². The predicted molar refractivity (Wildman–Crippen MR) is 55.6 cm³/mol. The maximum atomic E-state index is 12.3. The average molecular weight is 275 g/mol. The summed E-state index contributed by atoms with van der Waals surface area (Å²) in [6.07, 6.45) is 1.49. The molecule has 7 heteroatoms. The van der Waals surface area contributed by atoms with Gasteiger partial charge >= 0.3 is 58.4 Å². The molecule has 0 fully saturated rings. The van der Waals surface area contributed by atoms with E-state index < -0.39 is 12.4 Å².